The number of hydrogen-bond acceptors (Lipinski definition) is 4. The number of amides is 1. The van der Waals surface area contributed by atoms with E-state index in [9.17, 15) is 13.2 Å². The second-order valence-electron chi connectivity index (χ2n) is 9.32. The van der Waals surface area contributed by atoms with Crippen LogP contribution in [0.4, 0.5) is 0 Å². The van der Waals surface area contributed by atoms with Gasteiger partial charge in [0.2, 0.25) is 15.9 Å². The van der Waals surface area contributed by atoms with Crippen molar-refractivity contribution < 1.29 is 13.2 Å². The van der Waals surface area contributed by atoms with Crippen LogP contribution in [0.3, 0.4) is 0 Å². The number of nitriles is 1. The van der Waals surface area contributed by atoms with Gasteiger partial charge in [-0.25, -0.2) is 8.42 Å². The molecule has 0 radical (unpaired) electrons. The number of hydrogen-bond donors (Lipinski definition) is 1. The van der Waals surface area contributed by atoms with Crippen LogP contribution in [0.25, 0.3) is 0 Å². The lowest BCUT2D eigenvalue weighted by molar-refractivity contribution is -0.133. The Morgan fingerprint density at radius 1 is 1.03 bits per heavy atom. The molecule has 0 heterocycles. The van der Waals surface area contributed by atoms with Crippen molar-refractivity contribution in [1.82, 2.24) is 9.62 Å². The third-order valence-corrected chi connectivity index (χ3v) is 7.70. The molecule has 7 heteroatoms. The van der Waals surface area contributed by atoms with Gasteiger partial charge in [0.05, 0.1) is 16.5 Å². The Balaban J connectivity index is 1.83. The zero-order valence-electron chi connectivity index (χ0n) is 19.6. The minimum Gasteiger partial charge on any atom is -0.341 e. The molecule has 0 aliphatic heterocycles. The van der Waals surface area contributed by atoms with Crippen molar-refractivity contribution in [1.29, 1.82) is 5.26 Å². The van der Waals surface area contributed by atoms with E-state index in [0.717, 1.165) is 43.2 Å². The predicted octanol–water partition coefficient (Wildman–Crippen LogP) is 4.05. The first-order valence-electron chi connectivity index (χ1n) is 11.6. The number of nitrogens with zero attached hydrogens (tertiary/aromatic N) is 2. The van der Waals surface area contributed by atoms with Crippen LogP contribution in [-0.2, 0) is 27.7 Å². The first kappa shape index (κ1) is 24.9. The number of carbonyl (C=O) groups excluding carboxylic acids is 1. The van der Waals surface area contributed by atoms with E-state index in [4.69, 9.17) is 5.26 Å². The molecule has 33 heavy (non-hydrogen) atoms. The summed E-state index contributed by atoms with van der Waals surface area (Å²) in [5.74, 6) is 0.248. The Labute approximate surface area is 197 Å². The molecular formula is C26H33N3O3S. The topological polar surface area (TPSA) is 90.3 Å². The number of sulfonamides is 1. The molecule has 0 spiro atoms. The van der Waals surface area contributed by atoms with Gasteiger partial charge in [0.15, 0.2) is 0 Å². The third-order valence-electron chi connectivity index (χ3n) is 6.22. The normalized spacial score (nSPS) is 15.4. The second-order valence-corrected chi connectivity index (χ2v) is 11.0. The van der Waals surface area contributed by atoms with Crippen LogP contribution in [-0.4, -0.2) is 38.4 Å². The summed E-state index contributed by atoms with van der Waals surface area (Å²) in [7, 11) is -2.13. The summed E-state index contributed by atoms with van der Waals surface area (Å²) in [6, 6.07) is 15.0. The van der Waals surface area contributed by atoms with E-state index in [-0.39, 0.29) is 23.3 Å². The summed E-state index contributed by atoms with van der Waals surface area (Å²) in [5.41, 5.74) is 2.39. The average Bonchev–Trinajstić information content (AvgIpc) is 3.33. The maximum atomic E-state index is 13.4. The molecule has 2 aromatic rings. The SMILES string of the molecule is CC(C)Cc1ccc(S(=O)(=O)N[C@@H](Cc2ccc(C#N)cc2)C(=O)N(C)C2CCCC2)cc1. The smallest absolute Gasteiger partial charge is 0.241 e. The lowest BCUT2D eigenvalue weighted by Gasteiger charge is -2.29. The van der Waals surface area contributed by atoms with Gasteiger partial charge in [-0.15, -0.1) is 0 Å². The lowest BCUT2D eigenvalue weighted by atomic mass is 10.0. The van der Waals surface area contributed by atoms with E-state index in [1.165, 1.54) is 0 Å². The molecule has 0 aromatic heterocycles. The summed E-state index contributed by atoms with van der Waals surface area (Å²) < 4.78 is 29.0. The maximum Gasteiger partial charge on any atom is 0.241 e. The highest BCUT2D eigenvalue weighted by Gasteiger charge is 2.32. The van der Waals surface area contributed by atoms with Gasteiger partial charge in [-0.05, 0) is 67.0 Å². The van der Waals surface area contributed by atoms with Crippen LogP contribution in [0.1, 0.15) is 56.2 Å². The van der Waals surface area contributed by atoms with E-state index < -0.39 is 16.1 Å². The Kier molecular flexibility index (Phi) is 8.28. The number of likely N-dealkylation sites (N-methyl/N-ethyl adjacent to an activating group) is 1. The summed E-state index contributed by atoms with van der Waals surface area (Å²) in [5, 5.41) is 9.04. The van der Waals surface area contributed by atoms with Crippen molar-refractivity contribution in [3.05, 3.63) is 65.2 Å². The predicted molar refractivity (Wildman–Crippen MR) is 129 cm³/mol. The zero-order chi connectivity index (χ0) is 24.0. The van der Waals surface area contributed by atoms with E-state index in [1.807, 2.05) is 12.1 Å². The fourth-order valence-electron chi connectivity index (χ4n) is 4.38. The van der Waals surface area contributed by atoms with Gasteiger partial charge < -0.3 is 4.90 Å². The van der Waals surface area contributed by atoms with Gasteiger partial charge in [-0.3, -0.25) is 4.79 Å². The van der Waals surface area contributed by atoms with Gasteiger partial charge in [0.1, 0.15) is 6.04 Å². The molecule has 0 unspecified atom stereocenters. The molecule has 0 bridgehead atoms. The molecule has 176 valence electrons. The Bertz CT molecular complexity index is 1080. The summed E-state index contributed by atoms with van der Waals surface area (Å²) in [6.07, 6.45) is 5.13. The highest BCUT2D eigenvalue weighted by atomic mass is 32.2. The minimum atomic E-state index is -3.89. The molecular weight excluding hydrogens is 434 g/mol. The molecule has 0 saturated heterocycles. The van der Waals surface area contributed by atoms with Gasteiger partial charge in [0, 0.05) is 13.1 Å². The lowest BCUT2D eigenvalue weighted by Crippen LogP contribution is -2.50. The van der Waals surface area contributed by atoms with Crippen LogP contribution in [0, 0.1) is 17.2 Å². The van der Waals surface area contributed by atoms with Crippen molar-refractivity contribution in [3.63, 3.8) is 0 Å². The van der Waals surface area contributed by atoms with E-state index in [2.05, 4.69) is 24.6 Å². The molecule has 1 N–H and O–H groups in total. The standard InChI is InChI=1S/C26H33N3O3S/c1-19(2)16-20-12-14-24(15-13-20)33(31,32)28-25(17-21-8-10-22(18-27)11-9-21)26(30)29(3)23-6-4-5-7-23/h8-15,19,23,25,28H,4-7,16-17H2,1-3H3/t25-/m0/s1. The van der Waals surface area contributed by atoms with Crippen LogP contribution in [0.15, 0.2) is 53.4 Å². The molecule has 1 saturated carbocycles. The van der Waals surface area contributed by atoms with Crippen LogP contribution < -0.4 is 4.72 Å². The highest BCUT2D eigenvalue weighted by Crippen LogP contribution is 2.24. The zero-order valence-corrected chi connectivity index (χ0v) is 20.4. The largest absolute Gasteiger partial charge is 0.341 e. The van der Waals surface area contributed by atoms with Crippen molar-refractivity contribution in [2.45, 2.75) is 69.4 Å². The number of nitrogens with one attached hydrogen (secondary N) is 1. The van der Waals surface area contributed by atoms with Gasteiger partial charge in [-0.1, -0.05) is 51.0 Å². The van der Waals surface area contributed by atoms with Crippen molar-refractivity contribution in [3.8, 4) is 6.07 Å². The van der Waals surface area contributed by atoms with Crippen molar-refractivity contribution in [2.24, 2.45) is 5.92 Å². The molecule has 6 nitrogen and oxygen atoms in total. The fraction of sp³-hybridized carbons (Fsp3) is 0.462. The van der Waals surface area contributed by atoms with Crippen molar-refractivity contribution >= 4 is 15.9 Å². The van der Waals surface area contributed by atoms with E-state index in [0.29, 0.717) is 11.5 Å². The third kappa shape index (κ3) is 6.66. The minimum absolute atomic E-state index is 0.140. The van der Waals surface area contributed by atoms with Crippen LogP contribution in [0.5, 0.6) is 0 Å². The number of carbonyl (C=O) groups is 1. The fourth-order valence-corrected chi connectivity index (χ4v) is 5.57. The van der Waals surface area contributed by atoms with E-state index >= 15 is 0 Å². The Morgan fingerprint density at radius 3 is 2.12 bits per heavy atom. The summed E-state index contributed by atoms with van der Waals surface area (Å²) >= 11 is 0. The summed E-state index contributed by atoms with van der Waals surface area (Å²) in [6.45, 7) is 4.23. The Morgan fingerprint density at radius 2 is 1.58 bits per heavy atom. The molecule has 3 rings (SSSR count). The summed E-state index contributed by atoms with van der Waals surface area (Å²) in [4.78, 5) is 15.2. The van der Waals surface area contributed by atoms with Crippen molar-refractivity contribution in [2.75, 3.05) is 7.05 Å². The highest BCUT2D eigenvalue weighted by molar-refractivity contribution is 7.89. The van der Waals surface area contributed by atoms with Gasteiger partial charge >= 0.3 is 0 Å². The molecule has 1 amide bonds. The molecule has 1 aliphatic rings. The Hall–Kier alpha value is -2.69. The quantitative estimate of drug-likeness (QED) is 0.602. The van der Waals surface area contributed by atoms with Crippen LogP contribution in [0.2, 0.25) is 0 Å². The van der Waals surface area contributed by atoms with E-state index in [1.54, 1.807) is 48.3 Å². The monoisotopic (exact) mass is 467 g/mol. The molecule has 1 aliphatic carbocycles. The number of rotatable bonds is 9. The molecule has 1 fully saturated rings. The first-order chi connectivity index (χ1) is 15.7. The first-order valence-corrected chi connectivity index (χ1v) is 13.0. The average molecular weight is 468 g/mol. The number of benzene rings is 2. The van der Waals surface area contributed by atoms with Gasteiger partial charge in [0.25, 0.3) is 0 Å². The maximum absolute atomic E-state index is 13.4. The molecule has 1 atom stereocenters. The molecule has 2 aromatic carbocycles. The van der Waals surface area contributed by atoms with Gasteiger partial charge in [-0.2, -0.15) is 9.98 Å². The second kappa shape index (κ2) is 11.0. The van der Waals surface area contributed by atoms with Crippen LogP contribution >= 0.6 is 0 Å².